The third-order valence-electron chi connectivity index (χ3n) is 3.54. The Morgan fingerprint density at radius 1 is 1.21 bits per heavy atom. The minimum absolute atomic E-state index is 0.210. The Kier molecular flexibility index (Phi) is 5.82. The van der Waals surface area contributed by atoms with Gasteiger partial charge in [0.2, 0.25) is 5.91 Å². The van der Waals surface area contributed by atoms with Gasteiger partial charge >= 0.3 is 5.97 Å². The van der Waals surface area contributed by atoms with Gasteiger partial charge in [-0.05, 0) is 29.3 Å². The Morgan fingerprint density at radius 3 is 2.42 bits per heavy atom. The van der Waals surface area contributed by atoms with Gasteiger partial charge in [-0.2, -0.15) is 0 Å². The lowest BCUT2D eigenvalue weighted by molar-refractivity contribution is -0.141. The van der Waals surface area contributed by atoms with E-state index in [4.69, 9.17) is 21.4 Å². The van der Waals surface area contributed by atoms with Gasteiger partial charge < -0.3 is 15.2 Å². The summed E-state index contributed by atoms with van der Waals surface area (Å²) in [6.07, 6.45) is 0.210. The maximum Gasteiger partial charge on any atom is 0.326 e. The number of carboxylic acid groups (broad SMARTS) is 1. The van der Waals surface area contributed by atoms with E-state index >= 15 is 0 Å². The monoisotopic (exact) mass is 347 g/mol. The number of halogens is 1. The van der Waals surface area contributed by atoms with E-state index in [1.807, 2.05) is 30.3 Å². The molecule has 0 saturated heterocycles. The molecular formula is C18H18ClNO4. The van der Waals surface area contributed by atoms with Gasteiger partial charge in [-0.1, -0.05) is 35.9 Å². The van der Waals surface area contributed by atoms with E-state index in [-0.39, 0.29) is 12.3 Å². The molecular weight excluding hydrogens is 330 g/mol. The second-order valence-electron chi connectivity index (χ2n) is 5.34. The van der Waals surface area contributed by atoms with Crippen LogP contribution in [0.15, 0.2) is 42.5 Å². The normalized spacial score (nSPS) is 11.6. The average Bonchev–Trinajstić information content (AvgIpc) is 2.54. The van der Waals surface area contributed by atoms with Crippen LogP contribution >= 0.6 is 11.6 Å². The van der Waals surface area contributed by atoms with Gasteiger partial charge in [-0.3, -0.25) is 4.79 Å². The predicted octanol–water partition coefficient (Wildman–Crippen LogP) is 3.15. The zero-order valence-electron chi connectivity index (χ0n) is 13.4. The molecule has 0 aliphatic rings. The van der Waals surface area contributed by atoms with Crippen LogP contribution in [0.1, 0.15) is 12.5 Å². The van der Waals surface area contributed by atoms with Gasteiger partial charge in [-0.25, -0.2) is 4.79 Å². The topological polar surface area (TPSA) is 75.6 Å². The summed E-state index contributed by atoms with van der Waals surface area (Å²) in [6.45, 7) is 1.30. The first-order chi connectivity index (χ1) is 11.4. The lowest BCUT2D eigenvalue weighted by Gasteiger charge is -2.14. The molecule has 0 aliphatic carbocycles. The number of carbonyl (C=O) groups is 2. The third-order valence-corrected chi connectivity index (χ3v) is 3.78. The van der Waals surface area contributed by atoms with Crippen molar-refractivity contribution >= 4 is 23.5 Å². The van der Waals surface area contributed by atoms with Crippen LogP contribution in [0, 0.1) is 0 Å². The number of ether oxygens (including phenoxy) is 1. The minimum atomic E-state index is -1.06. The van der Waals surface area contributed by atoms with Gasteiger partial charge in [0.25, 0.3) is 0 Å². The van der Waals surface area contributed by atoms with Crippen molar-refractivity contribution in [2.75, 3.05) is 7.11 Å². The fourth-order valence-electron chi connectivity index (χ4n) is 2.41. The Morgan fingerprint density at radius 2 is 1.88 bits per heavy atom. The highest BCUT2D eigenvalue weighted by Crippen LogP contribution is 2.32. The summed E-state index contributed by atoms with van der Waals surface area (Å²) in [5.41, 5.74) is 2.57. The first-order valence-corrected chi connectivity index (χ1v) is 7.71. The quantitative estimate of drug-likeness (QED) is 0.841. The van der Waals surface area contributed by atoms with Crippen molar-refractivity contribution < 1.29 is 19.4 Å². The fourth-order valence-corrected chi connectivity index (χ4v) is 2.58. The highest BCUT2D eigenvalue weighted by molar-refractivity contribution is 6.31. The first kappa shape index (κ1) is 17.8. The number of amides is 1. The van der Waals surface area contributed by atoms with E-state index in [1.165, 1.54) is 6.92 Å². The summed E-state index contributed by atoms with van der Waals surface area (Å²) in [4.78, 5) is 22.3. The molecule has 2 aromatic rings. The minimum Gasteiger partial charge on any atom is -0.496 e. The van der Waals surface area contributed by atoms with Gasteiger partial charge in [0, 0.05) is 23.9 Å². The van der Waals surface area contributed by atoms with Crippen molar-refractivity contribution in [3.8, 4) is 16.9 Å². The van der Waals surface area contributed by atoms with Crippen LogP contribution in [-0.2, 0) is 16.0 Å². The van der Waals surface area contributed by atoms with E-state index in [2.05, 4.69) is 5.32 Å². The second kappa shape index (κ2) is 7.84. The largest absolute Gasteiger partial charge is 0.496 e. The van der Waals surface area contributed by atoms with Crippen molar-refractivity contribution in [1.29, 1.82) is 0 Å². The lowest BCUT2D eigenvalue weighted by Crippen LogP contribution is -2.41. The number of hydrogen-bond acceptors (Lipinski definition) is 3. The van der Waals surface area contributed by atoms with Crippen molar-refractivity contribution in [3.05, 3.63) is 53.1 Å². The maximum absolute atomic E-state index is 11.2. The molecule has 0 heterocycles. The molecule has 0 saturated carbocycles. The molecule has 126 valence electrons. The summed E-state index contributed by atoms with van der Waals surface area (Å²) in [5.74, 6) is -0.734. The van der Waals surface area contributed by atoms with Crippen LogP contribution in [0.3, 0.4) is 0 Å². The van der Waals surface area contributed by atoms with Crippen molar-refractivity contribution in [1.82, 2.24) is 5.32 Å². The van der Waals surface area contributed by atoms with E-state index in [0.717, 1.165) is 16.7 Å². The molecule has 0 bridgehead atoms. The number of aliphatic carboxylic acids is 1. The number of carboxylic acids is 1. The van der Waals surface area contributed by atoms with Crippen molar-refractivity contribution in [3.63, 3.8) is 0 Å². The predicted molar refractivity (Wildman–Crippen MR) is 92.4 cm³/mol. The second-order valence-corrected chi connectivity index (χ2v) is 5.77. The zero-order chi connectivity index (χ0) is 17.7. The number of methoxy groups -OCH3 is 1. The van der Waals surface area contributed by atoms with Crippen LogP contribution in [0.25, 0.3) is 11.1 Å². The Hall–Kier alpha value is -2.53. The van der Waals surface area contributed by atoms with E-state index in [9.17, 15) is 9.59 Å². The van der Waals surface area contributed by atoms with Crippen LogP contribution in [0.5, 0.6) is 5.75 Å². The van der Waals surface area contributed by atoms with Crippen LogP contribution in [0.4, 0.5) is 0 Å². The zero-order valence-corrected chi connectivity index (χ0v) is 14.1. The van der Waals surface area contributed by atoms with Gasteiger partial charge in [-0.15, -0.1) is 0 Å². The molecule has 2 rings (SSSR count). The standard InChI is InChI=1S/C18H18ClNO4/c1-11(21)20-16(18(22)23)9-12-3-5-13(6-4-12)15-10-14(19)7-8-17(15)24-2/h3-8,10,16H,9H2,1-2H3,(H,20,21)(H,22,23). The molecule has 24 heavy (non-hydrogen) atoms. The Balaban J connectivity index is 2.23. The number of hydrogen-bond donors (Lipinski definition) is 2. The highest BCUT2D eigenvalue weighted by atomic mass is 35.5. The maximum atomic E-state index is 11.2. The molecule has 0 radical (unpaired) electrons. The molecule has 0 aliphatic heterocycles. The molecule has 2 N–H and O–H groups in total. The average molecular weight is 348 g/mol. The Labute approximate surface area is 145 Å². The summed E-state index contributed by atoms with van der Waals surface area (Å²) < 4.78 is 5.34. The van der Waals surface area contributed by atoms with Gasteiger partial charge in [0.15, 0.2) is 0 Å². The molecule has 1 unspecified atom stereocenters. The molecule has 5 nitrogen and oxygen atoms in total. The van der Waals surface area contributed by atoms with Crippen molar-refractivity contribution in [2.45, 2.75) is 19.4 Å². The first-order valence-electron chi connectivity index (χ1n) is 7.33. The van der Waals surface area contributed by atoms with E-state index in [1.54, 1.807) is 19.2 Å². The molecule has 0 aromatic heterocycles. The van der Waals surface area contributed by atoms with E-state index in [0.29, 0.717) is 10.8 Å². The summed E-state index contributed by atoms with van der Waals surface area (Å²) in [5, 5.41) is 12.2. The van der Waals surface area contributed by atoms with Crippen molar-refractivity contribution in [2.24, 2.45) is 0 Å². The number of benzene rings is 2. The summed E-state index contributed by atoms with van der Waals surface area (Å²) >= 11 is 6.05. The Bertz CT molecular complexity index is 743. The molecule has 1 atom stereocenters. The molecule has 0 spiro atoms. The van der Waals surface area contributed by atoms with Gasteiger partial charge in [0.05, 0.1) is 7.11 Å². The van der Waals surface area contributed by atoms with Gasteiger partial charge in [0.1, 0.15) is 11.8 Å². The lowest BCUT2D eigenvalue weighted by atomic mass is 10.00. The number of nitrogens with one attached hydrogen (secondary N) is 1. The van der Waals surface area contributed by atoms with Crippen LogP contribution in [0.2, 0.25) is 5.02 Å². The third kappa shape index (κ3) is 4.49. The number of rotatable bonds is 6. The highest BCUT2D eigenvalue weighted by Gasteiger charge is 2.18. The summed E-state index contributed by atoms with van der Waals surface area (Å²) in [6, 6.07) is 11.8. The van der Waals surface area contributed by atoms with Crippen LogP contribution in [-0.4, -0.2) is 30.1 Å². The van der Waals surface area contributed by atoms with E-state index < -0.39 is 12.0 Å². The fraction of sp³-hybridized carbons (Fsp3) is 0.222. The molecule has 6 heteroatoms. The smallest absolute Gasteiger partial charge is 0.326 e. The summed E-state index contributed by atoms with van der Waals surface area (Å²) in [7, 11) is 1.59. The van der Waals surface area contributed by atoms with Crippen LogP contribution < -0.4 is 10.1 Å². The molecule has 0 fully saturated rings. The SMILES string of the molecule is COc1ccc(Cl)cc1-c1ccc(CC(NC(C)=O)C(=O)O)cc1. The molecule has 2 aromatic carbocycles. The molecule has 1 amide bonds. The number of carbonyl (C=O) groups excluding carboxylic acids is 1.